The molecule has 1 aliphatic rings. The quantitative estimate of drug-likeness (QED) is 0.617. The van der Waals surface area contributed by atoms with E-state index in [1.165, 1.54) is 77.3 Å². The molecule has 1 rings (SSSR count). The van der Waals surface area contributed by atoms with Gasteiger partial charge >= 0.3 is 0 Å². The molecule has 0 aliphatic carbocycles. The highest BCUT2D eigenvalue weighted by Crippen LogP contribution is 2.17. The van der Waals surface area contributed by atoms with Crippen LogP contribution in [0.2, 0.25) is 13.1 Å². The summed E-state index contributed by atoms with van der Waals surface area (Å²) >= 11 is 0. The molecule has 0 aromatic rings. The van der Waals surface area contributed by atoms with E-state index in [0.29, 0.717) is 6.04 Å². The van der Waals surface area contributed by atoms with Crippen LogP contribution in [0.5, 0.6) is 0 Å². The fourth-order valence-corrected chi connectivity index (χ4v) is 4.83. The molecular weight excluding hydrogens is 270 g/mol. The van der Waals surface area contributed by atoms with E-state index in [-0.39, 0.29) is 0 Å². The highest BCUT2D eigenvalue weighted by molar-refractivity contribution is 6.61. The van der Waals surface area contributed by atoms with E-state index >= 15 is 0 Å². The highest BCUT2D eigenvalue weighted by Gasteiger charge is 2.15. The molecular formula is C19H39NSi. The van der Waals surface area contributed by atoms with Crippen LogP contribution in [-0.2, 0) is 0 Å². The third kappa shape index (κ3) is 8.82. The first-order valence-corrected chi connectivity index (χ1v) is 12.5. The van der Waals surface area contributed by atoms with Crippen molar-refractivity contribution in [3.05, 3.63) is 11.3 Å². The Bertz CT molecular complexity index is 271. The van der Waals surface area contributed by atoms with Crippen LogP contribution in [0.4, 0.5) is 0 Å². The summed E-state index contributed by atoms with van der Waals surface area (Å²) in [5, 5.41) is 0. The van der Waals surface area contributed by atoms with Crippen LogP contribution in [0, 0.1) is 0 Å². The Labute approximate surface area is 135 Å². The lowest BCUT2D eigenvalue weighted by Crippen LogP contribution is -2.36. The fourth-order valence-electron chi connectivity index (χ4n) is 3.50. The summed E-state index contributed by atoms with van der Waals surface area (Å²) in [5.41, 5.74) is 4.22. The normalized spacial score (nSPS) is 23.2. The maximum atomic E-state index is 2.76. The van der Waals surface area contributed by atoms with E-state index in [1.807, 2.05) is 0 Å². The SMILES string of the molecule is CC(=C[SiH](C)C)C(C)N1CCCCCCCCCCCC1. The molecule has 1 unspecified atom stereocenters. The molecule has 0 amide bonds. The molecule has 1 fully saturated rings. The second-order valence-corrected chi connectivity index (χ2v) is 10.2. The van der Waals surface area contributed by atoms with Gasteiger partial charge in [0.1, 0.15) is 0 Å². The molecule has 0 aromatic heterocycles. The summed E-state index contributed by atoms with van der Waals surface area (Å²) in [7, 11) is -0.583. The molecule has 124 valence electrons. The Balaban J connectivity index is 2.53. The maximum Gasteiger partial charge on any atom is 0.0554 e. The molecule has 0 spiro atoms. The Morgan fingerprint density at radius 2 is 1.19 bits per heavy atom. The molecule has 0 aromatic carbocycles. The first kappa shape index (κ1) is 19.0. The van der Waals surface area contributed by atoms with Gasteiger partial charge in [-0.05, 0) is 39.8 Å². The molecule has 0 bridgehead atoms. The lowest BCUT2D eigenvalue weighted by atomic mass is 10.1. The zero-order valence-corrected chi connectivity index (χ0v) is 16.3. The van der Waals surface area contributed by atoms with Gasteiger partial charge in [-0.15, -0.1) is 0 Å². The number of rotatable bonds is 3. The van der Waals surface area contributed by atoms with E-state index in [4.69, 9.17) is 0 Å². The lowest BCUT2D eigenvalue weighted by Gasteiger charge is -2.30. The molecule has 1 atom stereocenters. The molecule has 21 heavy (non-hydrogen) atoms. The van der Waals surface area contributed by atoms with Crippen molar-refractivity contribution in [2.45, 2.75) is 97.2 Å². The van der Waals surface area contributed by atoms with Crippen molar-refractivity contribution in [3.8, 4) is 0 Å². The Hall–Kier alpha value is -0.0831. The minimum absolute atomic E-state index is 0.583. The average molecular weight is 310 g/mol. The lowest BCUT2D eigenvalue weighted by molar-refractivity contribution is 0.223. The Morgan fingerprint density at radius 1 is 0.810 bits per heavy atom. The number of nitrogens with zero attached hydrogens (tertiary/aromatic N) is 1. The van der Waals surface area contributed by atoms with E-state index in [9.17, 15) is 0 Å². The van der Waals surface area contributed by atoms with Gasteiger partial charge in [-0.3, -0.25) is 4.90 Å². The molecule has 1 heterocycles. The van der Waals surface area contributed by atoms with Crippen molar-refractivity contribution in [2.75, 3.05) is 13.1 Å². The summed E-state index contributed by atoms with van der Waals surface area (Å²) in [6.07, 6.45) is 14.5. The minimum Gasteiger partial charge on any atom is -0.297 e. The van der Waals surface area contributed by atoms with Gasteiger partial charge in [-0.25, -0.2) is 0 Å². The number of hydrogen-bond donors (Lipinski definition) is 0. The molecule has 1 aliphatic heterocycles. The second-order valence-electron chi connectivity index (χ2n) is 7.40. The maximum absolute atomic E-state index is 2.76. The molecule has 0 N–H and O–H groups in total. The van der Waals surface area contributed by atoms with Crippen LogP contribution >= 0.6 is 0 Å². The third-order valence-electron chi connectivity index (χ3n) is 4.94. The summed E-state index contributed by atoms with van der Waals surface area (Å²) in [4.78, 5) is 2.76. The van der Waals surface area contributed by atoms with Gasteiger partial charge in [-0.1, -0.05) is 75.7 Å². The number of hydrogen-bond acceptors (Lipinski definition) is 1. The van der Waals surface area contributed by atoms with Crippen molar-refractivity contribution in [1.82, 2.24) is 4.90 Å². The van der Waals surface area contributed by atoms with Crippen LogP contribution in [0.1, 0.15) is 78.1 Å². The Kier molecular flexibility index (Phi) is 10.4. The van der Waals surface area contributed by atoms with E-state index in [1.54, 1.807) is 5.57 Å². The zero-order valence-electron chi connectivity index (χ0n) is 15.2. The van der Waals surface area contributed by atoms with Crippen LogP contribution in [0.15, 0.2) is 11.3 Å². The van der Waals surface area contributed by atoms with Gasteiger partial charge in [0.25, 0.3) is 0 Å². The summed E-state index contributed by atoms with van der Waals surface area (Å²) < 4.78 is 0. The zero-order chi connectivity index (χ0) is 15.5. The van der Waals surface area contributed by atoms with Gasteiger partial charge in [0.15, 0.2) is 0 Å². The van der Waals surface area contributed by atoms with E-state index in [0.717, 1.165) is 0 Å². The van der Waals surface area contributed by atoms with Gasteiger partial charge in [0.05, 0.1) is 8.80 Å². The summed E-state index contributed by atoms with van der Waals surface area (Å²) in [6, 6.07) is 0.657. The second kappa shape index (κ2) is 11.5. The minimum atomic E-state index is -0.583. The predicted molar refractivity (Wildman–Crippen MR) is 99.8 cm³/mol. The molecule has 2 heteroatoms. The Morgan fingerprint density at radius 3 is 1.57 bits per heavy atom. The summed E-state index contributed by atoms with van der Waals surface area (Å²) in [5.74, 6) is 0. The first-order chi connectivity index (χ1) is 10.1. The largest absolute Gasteiger partial charge is 0.297 e. The topological polar surface area (TPSA) is 3.24 Å². The highest BCUT2D eigenvalue weighted by atomic mass is 28.3. The van der Waals surface area contributed by atoms with Crippen molar-refractivity contribution in [3.63, 3.8) is 0 Å². The summed E-state index contributed by atoms with van der Waals surface area (Å²) in [6.45, 7) is 12.3. The van der Waals surface area contributed by atoms with Crippen molar-refractivity contribution < 1.29 is 0 Å². The molecule has 0 saturated carbocycles. The van der Waals surface area contributed by atoms with Gasteiger partial charge < -0.3 is 0 Å². The van der Waals surface area contributed by atoms with Crippen molar-refractivity contribution in [2.24, 2.45) is 0 Å². The third-order valence-corrected chi connectivity index (χ3v) is 6.14. The van der Waals surface area contributed by atoms with E-state index < -0.39 is 8.80 Å². The van der Waals surface area contributed by atoms with E-state index in [2.05, 4.69) is 37.5 Å². The van der Waals surface area contributed by atoms with Crippen LogP contribution in [-0.4, -0.2) is 32.8 Å². The molecule has 0 radical (unpaired) electrons. The van der Waals surface area contributed by atoms with Crippen LogP contribution in [0.25, 0.3) is 0 Å². The van der Waals surface area contributed by atoms with Crippen LogP contribution < -0.4 is 0 Å². The monoisotopic (exact) mass is 309 g/mol. The molecule has 1 nitrogen and oxygen atoms in total. The smallest absolute Gasteiger partial charge is 0.0554 e. The van der Waals surface area contributed by atoms with Crippen molar-refractivity contribution >= 4 is 8.80 Å². The van der Waals surface area contributed by atoms with Gasteiger partial charge in [0.2, 0.25) is 0 Å². The van der Waals surface area contributed by atoms with Crippen LogP contribution in [0.3, 0.4) is 0 Å². The fraction of sp³-hybridized carbons (Fsp3) is 0.895. The average Bonchev–Trinajstić information content (AvgIpc) is 2.46. The van der Waals surface area contributed by atoms with Crippen molar-refractivity contribution in [1.29, 1.82) is 0 Å². The first-order valence-electron chi connectivity index (χ1n) is 9.53. The van der Waals surface area contributed by atoms with Gasteiger partial charge in [-0.2, -0.15) is 0 Å². The molecule has 1 saturated heterocycles. The predicted octanol–water partition coefficient (Wildman–Crippen LogP) is 5.56. The standard InChI is InChI=1S/C19H39NSi/c1-18(17-21(3)4)19(2)20-15-13-11-9-7-5-6-8-10-12-14-16-20/h17,19,21H,5-16H2,1-4H3. The van der Waals surface area contributed by atoms with Gasteiger partial charge in [0, 0.05) is 6.04 Å².